The van der Waals surface area contributed by atoms with E-state index in [9.17, 15) is 19.5 Å². The van der Waals surface area contributed by atoms with Crippen molar-refractivity contribution < 1.29 is 24.3 Å². The van der Waals surface area contributed by atoms with Crippen molar-refractivity contribution in [3.8, 4) is 0 Å². The average molecular weight is 794 g/mol. The number of hydrogen-bond acceptors (Lipinski definition) is 9. The zero-order valence-electron chi connectivity index (χ0n) is 25.6. The number of carboxylic acid groups (broad SMARTS) is 1. The number of aromatic nitrogens is 1. The Bertz CT molecular complexity index is 1730. The molecule has 2 amide bonds. The Kier molecular flexibility index (Phi) is 10.2. The first-order valence-corrected chi connectivity index (χ1v) is 18.5. The molecule has 0 saturated carbocycles. The van der Waals surface area contributed by atoms with Gasteiger partial charge in [0.2, 0.25) is 5.91 Å². The number of fused-ring (bicyclic) bond motifs is 1. The summed E-state index contributed by atoms with van der Waals surface area (Å²) in [6.45, 7) is 3.81. The highest BCUT2D eigenvalue weighted by Crippen LogP contribution is 2.43. The van der Waals surface area contributed by atoms with Crippen LogP contribution in [0, 0.1) is 5.41 Å². The number of carbonyl (C=O) groups is 3. The number of thioether (sulfide) groups is 1. The first-order chi connectivity index (χ1) is 23.3. The lowest BCUT2D eigenvalue weighted by atomic mass is 9.77. The highest BCUT2D eigenvalue weighted by Gasteiger charge is 2.57. The summed E-state index contributed by atoms with van der Waals surface area (Å²) in [5, 5.41) is 22.3. The van der Waals surface area contributed by atoms with Crippen LogP contribution in [-0.4, -0.2) is 73.2 Å². The molecule has 0 bridgehead atoms. The molecule has 2 aliphatic heterocycles. The molecule has 3 heterocycles. The van der Waals surface area contributed by atoms with Gasteiger partial charge in [0.05, 0.1) is 0 Å². The number of hydrogen-bond donors (Lipinski definition) is 3. The first kappa shape index (κ1) is 33.7. The molecule has 48 heavy (non-hydrogen) atoms. The fraction of sp³-hybridized carbons (Fsp3) is 0.229. The maximum atomic E-state index is 13.7. The Balaban J connectivity index is 1.30. The second-order valence-corrected chi connectivity index (χ2v) is 14.1. The predicted octanol–water partition coefficient (Wildman–Crippen LogP) is 5.36. The highest BCUT2D eigenvalue weighted by atomic mass is 127. The van der Waals surface area contributed by atoms with E-state index in [1.54, 1.807) is 5.38 Å². The number of oxime groups is 1. The number of carboxylic acids is 1. The molecule has 246 valence electrons. The second kappa shape index (κ2) is 14.5. The molecule has 0 aliphatic carbocycles. The van der Waals surface area contributed by atoms with Crippen molar-refractivity contribution in [1.29, 1.82) is 0 Å². The van der Waals surface area contributed by atoms with Crippen LogP contribution in [-0.2, 0) is 24.8 Å². The number of alkyl halides is 1. The normalized spacial score (nSPS) is 20.6. The van der Waals surface area contributed by atoms with Gasteiger partial charge in [-0.05, 0) is 16.7 Å². The molecule has 4 aromatic rings. The number of anilines is 1. The van der Waals surface area contributed by atoms with Crippen molar-refractivity contribution in [2.24, 2.45) is 10.6 Å². The van der Waals surface area contributed by atoms with Crippen LogP contribution in [0.25, 0.3) is 0 Å². The maximum absolute atomic E-state index is 13.7. The Labute approximate surface area is 299 Å². The van der Waals surface area contributed by atoms with E-state index in [2.05, 4.69) is 58.8 Å². The minimum atomic E-state index is -1.02. The number of aliphatic carboxylic acids is 1. The number of β-lactam (4-membered cyclic amide) rings is 1. The molecule has 2 unspecified atom stereocenters. The lowest BCUT2D eigenvalue weighted by Gasteiger charge is -2.53. The number of nitrogens with zero attached hydrogens (tertiary/aromatic N) is 3. The number of halogens is 1. The maximum Gasteiger partial charge on any atom is 0.313 e. The summed E-state index contributed by atoms with van der Waals surface area (Å²) in [6.07, 6.45) is 1.51. The van der Waals surface area contributed by atoms with E-state index in [0.717, 1.165) is 16.7 Å². The summed E-state index contributed by atoms with van der Waals surface area (Å²) in [5.74, 6) is -1.55. The molecule has 3 N–H and O–H groups in total. The minimum absolute atomic E-state index is 0.0628. The van der Waals surface area contributed by atoms with E-state index in [1.165, 1.54) is 34.1 Å². The number of carbonyl (C=O) groups excluding carboxylic acids is 2. The van der Waals surface area contributed by atoms with Gasteiger partial charge in [0.1, 0.15) is 34.7 Å². The molecule has 6 rings (SSSR count). The Morgan fingerprint density at radius 1 is 1.06 bits per heavy atom. The standard InChI is InChI=1S/C35H32IN5O5S2/c1-2-18-46-40-27(29(42)38-28-30(43)41-21-34(20-36,32(44)45)22-48-31(28)41)26-19-47-33(37-26)39-35(23-12-6-3-7-13-23,24-14-8-4-9-15-24)25-16-10-5-11-17-25/h2-17,19,28,31H,1,18,20-22H2,(H,37,39)(H,38,42)(H,44,45)/t28?,31-,34?/m1/s1. The molecular formula is C35H32IN5O5S2. The van der Waals surface area contributed by atoms with Gasteiger partial charge in [0.25, 0.3) is 5.91 Å². The molecule has 2 fully saturated rings. The molecule has 1 aromatic heterocycles. The van der Waals surface area contributed by atoms with Crippen LogP contribution in [0.3, 0.4) is 0 Å². The van der Waals surface area contributed by atoms with Gasteiger partial charge in [-0.25, -0.2) is 4.98 Å². The third kappa shape index (κ3) is 6.33. The lowest BCUT2D eigenvalue weighted by molar-refractivity contribution is -0.157. The zero-order valence-corrected chi connectivity index (χ0v) is 29.4. The van der Waals surface area contributed by atoms with Crippen LogP contribution < -0.4 is 10.6 Å². The van der Waals surface area contributed by atoms with E-state index in [1.807, 2.05) is 77.2 Å². The van der Waals surface area contributed by atoms with Crippen molar-refractivity contribution in [2.45, 2.75) is 17.0 Å². The fourth-order valence-corrected chi connectivity index (χ4v) is 9.34. The van der Waals surface area contributed by atoms with E-state index < -0.39 is 28.9 Å². The monoisotopic (exact) mass is 793 g/mol. The van der Waals surface area contributed by atoms with Gasteiger partial charge in [0, 0.05) is 22.1 Å². The van der Waals surface area contributed by atoms with Gasteiger partial charge in [-0.15, -0.1) is 23.1 Å². The summed E-state index contributed by atoms with van der Waals surface area (Å²) in [5.41, 5.74) is 1.30. The van der Waals surface area contributed by atoms with Crippen molar-refractivity contribution >= 4 is 74.3 Å². The Morgan fingerprint density at radius 3 is 2.17 bits per heavy atom. The van der Waals surface area contributed by atoms with Crippen LogP contribution in [0.1, 0.15) is 22.4 Å². The number of amides is 2. The van der Waals surface area contributed by atoms with Crippen molar-refractivity contribution in [3.63, 3.8) is 0 Å². The second-order valence-electron chi connectivity index (χ2n) is 11.4. The smallest absolute Gasteiger partial charge is 0.313 e. The van der Waals surface area contributed by atoms with Crippen molar-refractivity contribution in [1.82, 2.24) is 15.2 Å². The molecule has 0 spiro atoms. The minimum Gasteiger partial charge on any atom is -0.481 e. The number of nitrogens with one attached hydrogen (secondary N) is 2. The number of rotatable bonds is 13. The summed E-state index contributed by atoms with van der Waals surface area (Å²) < 4.78 is 0.373. The summed E-state index contributed by atoms with van der Waals surface area (Å²) in [4.78, 5) is 50.6. The van der Waals surface area contributed by atoms with Crippen molar-refractivity contribution in [2.75, 3.05) is 28.6 Å². The van der Waals surface area contributed by atoms with Crippen molar-refractivity contribution in [3.05, 3.63) is 131 Å². The van der Waals surface area contributed by atoms with Crippen LogP contribution in [0.15, 0.2) is 114 Å². The molecule has 13 heteroatoms. The van der Waals surface area contributed by atoms with Gasteiger partial charge in [0.15, 0.2) is 10.8 Å². The van der Waals surface area contributed by atoms with E-state index >= 15 is 0 Å². The largest absolute Gasteiger partial charge is 0.481 e. The third-order valence-corrected chi connectivity index (χ3v) is 12.2. The van der Waals surface area contributed by atoms with Crippen LogP contribution in [0.4, 0.5) is 5.13 Å². The summed E-state index contributed by atoms with van der Waals surface area (Å²) in [6, 6.07) is 29.4. The molecule has 2 aliphatic rings. The zero-order chi connectivity index (χ0) is 33.7. The molecule has 3 aromatic carbocycles. The lowest BCUT2D eigenvalue weighted by Crippen LogP contribution is -2.74. The van der Waals surface area contributed by atoms with E-state index in [4.69, 9.17) is 9.82 Å². The fourth-order valence-electron chi connectivity index (χ4n) is 5.84. The molecule has 0 radical (unpaired) electrons. The number of thiazole rings is 1. The van der Waals surface area contributed by atoms with Crippen LogP contribution in [0.2, 0.25) is 0 Å². The molecule has 10 nitrogen and oxygen atoms in total. The highest BCUT2D eigenvalue weighted by molar-refractivity contribution is 14.1. The Hall–Kier alpha value is -4.21. The van der Waals surface area contributed by atoms with E-state index in [-0.39, 0.29) is 35.8 Å². The van der Waals surface area contributed by atoms with Gasteiger partial charge in [-0.1, -0.05) is 131 Å². The third-order valence-electron chi connectivity index (χ3n) is 8.37. The van der Waals surface area contributed by atoms with Gasteiger partial charge in [-0.3, -0.25) is 14.4 Å². The topological polar surface area (TPSA) is 133 Å². The van der Waals surface area contributed by atoms with Crippen LogP contribution in [0.5, 0.6) is 0 Å². The molecule has 2 saturated heterocycles. The molecular weight excluding hydrogens is 761 g/mol. The molecule has 3 atom stereocenters. The SMILES string of the molecule is C=CCON=C(C(=O)NC1C(=O)N2CC(CI)(C(=O)O)CS[C@H]12)c1csc(NC(c2ccccc2)(c2ccccc2)c2ccccc2)n1. The Morgan fingerprint density at radius 2 is 1.65 bits per heavy atom. The first-order valence-electron chi connectivity index (χ1n) is 15.1. The number of benzene rings is 3. The summed E-state index contributed by atoms with van der Waals surface area (Å²) in [7, 11) is 0. The van der Waals surface area contributed by atoms with Gasteiger partial charge in [-0.2, -0.15) is 0 Å². The van der Waals surface area contributed by atoms with Gasteiger partial charge >= 0.3 is 5.97 Å². The van der Waals surface area contributed by atoms with Crippen LogP contribution >= 0.6 is 45.7 Å². The quantitative estimate of drug-likeness (QED) is 0.0241. The summed E-state index contributed by atoms with van der Waals surface area (Å²) >= 11 is 4.72. The average Bonchev–Trinajstić information content (AvgIpc) is 3.59. The van der Waals surface area contributed by atoms with Gasteiger partial charge < -0.3 is 25.5 Å². The predicted molar refractivity (Wildman–Crippen MR) is 196 cm³/mol. The van der Waals surface area contributed by atoms with E-state index in [0.29, 0.717) is 15.3 Å².